The lowest BCUT2D eigenvalue weighted by molar-refractivity contribution is -0.152. The monoisotopic (exact) mass is 251 g/mol. The second-order valence-electron chi connectivity index (χ2n) is 5.02. The summed E-state index contributed by atoms with van der Waals surface area (Å²) in [5.41, 5.74) is -1.05. The molecule has 0 aromatic heterocycles. The van der Waals surface area contributed by atoms with Gasteiger partial charge in [-0.1, -0.05) is 19.8 Å². The average Bonchev–Trinajstić information content (AvgIpc) is 2.65. The first-order chi connectivity index (χ1) is 8.56. The highest BCUT2D eigenvalue weighted by Gasteiger charge is 2.51. The van der Waals surface area contributed by atoms with E-state index in [1.807, 2.05) is 6.07 Å². The van der Waals surface area contributed by atoms with Crippen LogP contribution in [0.25, 0.3) is 0 Å². The molecule has 0 saturated carbocycles. The van der Waals surface area contributed by atoms with Crippen LogP contribution in [0.15, 0.2) is 0 Å². The SMILES string of the molecule is CCCCCC1CC(CCC#N)(C(C)=O)C(=O)O1. The zero-order chi connectivity index (χ0) is 13.6. The van der Waals surface area contributed by atoms with E-state index >= 15 is 0 Å². The number of esters is 1. The highest BCUT2D eigenvalue weighted by molar-refractivity contribution is 6.03. The third kappa shape index (κ3) is 3.10. The van der Waals surface area contributed by atoms with Gasteiger partial charge in [-0.15, -0.1) is 0 Å². The standard InChI is InChI=1S/C14H21NO3/c1-3-4-5-7-12-10-14(11(2)16,8-6-9-15)13(17)18-12/h12H,3-8,10H2,1-2H3. The summed E-state index contributed by atoms with van der Waals surface area (Å²) in [5, 5.41) is 8.63. The van der Waals surface area contributed by atoms with Crippen LogP contribution in [0.1, 0.15) is 58.8 Å². The van der Waals surface area contributed by atoms with Crippen molar-refractivity contribution in [2.24, 2.45) is 5.41 Å². The molecule has 0 aliphatic carbocycles. The molecule has 1 aliphatic rings. The highest BCUT2D eigenvalue weighted by atomic mass is 16.6. The molecule has 2 unspecified atom stereocenters. The maximum Gasteiger partial charge on any atom is 0.320 e. The minimum absolute atomic E-state index is 0.147. The number of unbranched alkanes of at least 4 members (excludes halogenated alkanes) is 2. The quantitative estimate of drug-likeness (QED) is 0.396. The molecule has 0 aromatic carbocycles. The Morgan fingerprint density at radius 2 is 2.28 bits per heavy atom. The molecule has 4 heteroatoms. The molecule has 1 aliphatic heterocycles. The summed E-state index contributed by atoms with van der Waals surface area (Å²) in [6, 6.07) is 2.00. The zero-order valence-electron chi connectivity index (χ0n) is 11.2. The van der Waals surface area contributed by atoms with Gasteiger partial charge in [0.25, 0.3) is 0 Å². The van der Waals surface area contributed by atoms with Gasteiger partial charge in [-0.05, 0) is 26.2 Å². The molecule has 1 rings (SSSR count). The van der Waals surface area contributed by atoms with Crippen molar-refractivity contribution in [3.63, 3.8) is 0 Å². The molecule has 1 heterocycles. The van der Waals surface area contributed by atoms with E-state index in [1.54, 1.807) is 0 Å². The van der Waals surface area contributed by atoms with Crippen molar-refractivity contribution >= 4 is 11.8 Å². The first-order valence-corrected chi connectivity index (χ1v) is 6.66. The van der Waals surface area contributed by atoms with E-state index < -0.39 is 11.4 Å². The van der Waals surface area contributed by atoms with Crippen LogP contribution in [0, 0.1) is 16.7 Å². The van der Waals surface area contributed by atoms with Gasteiger partial charge in [0.05, 0.1) is 6.07 Å². The summed E-state index contributed by atoms with van der Waals surface area (Å²) in [7, 11) is 0. The van der Waals surface area contributed by atoms with Crippen LogP contribution in [0.4, 0.5) is 0 Å². The van der Waals surface area contributed by atoms with Crippen LogP contribution >= 0.6 is 0 Å². The van der Waals surface area contributed by atoms with E-state index in [1.165, 1.54) is 6.92 Å². The zero-order valence-corrected chi connectivity index (χ0v) is 11.2. The van der Waals surface area contributed by atoms with Crippen molar-refractivity contribution in [3.8, 4) is 6.07 Å². The second kappa shape index (κ2) is 6.53. The van der Waals surface area contributed by atoms with E-state index in [4.69, 9.17) is 10.00 Å². The number of carbonyl (C=O) groups is 2. The predicted molar refractivity (Wildman–Crippen MR) is 66.6 cm³/mol. The summed E-state index contributed by atoms with van der Waals surface area (Å²) in [6.45, 7) is 3.54. The van der Waals surface area contributed by atoms with Crippen molar-refractivity contribution in [3.05, 3.63) is 0 Å². The van der Waals surface area contributed by atoms with Gasteiger partial charge in [0.2, 0.25) is 0 Å². The number of hydrogen-bond acceptors (Lipinski definition) is 4. The molecule has 0 amide bonds. The van der Waals surface area contributed by atoms with E-state index in [0.29, 0.717) is 12.8 Å². The molecule has 100 valence electrons. The molecule has 0 bridgehead atoms. The van der Waals surface area contributed by atoms with E-state index in [2.05, 4.69) is 6.92 Å². The second-order valence-corrected chi connectivity index (χ2v) is 5.02. The topological polar surface area (TPSA) is 67.2 Å². The number of nitrogens with zero attached hydrogens (tertiary/aromatic N) is 1. The number of ketones is 1. The van der Waals surface area contributed by atoms with Gasteiger partial charge in [-0.2, -0.15) is 5.26 Å². The molecular weight excluding hydrogens is 230 g/mol. The van der Waals surface area contributed by atoms with Gasteiger partial charge >= 0.3 is 5.97 Å². The molecule has 0 radical (unpaired) electrons. The maximum atomic E-state index is 11.9. The van der Waals surface area contributed by atoms with Gasteiger partial charge in [0, 0.05) is 12.8 Å². The Morgan fingerprint density at radius 3 is 2.83 bits per heavy atom. The Morgan fingerprint density at radius 1 is 1.56 bits per heavy atom. The number of Topliss-reactive ketones (excluding diaryl/α,β-unsaturated/α-hetero) is 1. The van der Waals surface area contributed by atoms with Crippen LogP contribution in [0.3, 0.4) is 0 Å². The third-order valence-electron chi connectivity index (χ3n) is 3.71. The smallest absolute Gasteiger partial charge is 0.320 e. The first kappa shape index (κ1) is 14.7. The average molecular weight is 251 g/mol. The van der Waals surface area contributed by atoms with Crippen LogP contribution in [-0.4, -0.2) is 17.9 Å². The summed E-state index contributed by atoms with van der Waals surface area (Å²) in [6.07, 6.45) is 4.88. The largest absolute Gasteiger partial charge is 0.462 e. The number of ether oxygens (including phenoxy) is 1. The van der Waals surface area contributed by atoms with E-state index in [0.717, 1.165) is 25.7 Å². The van der Waals surface area contributed by atoms with Crippen LogP contribution in [0.5, 0.6) is 0 Å². The molecular formula is C14H21NO3. The molecule has 1 saturated heterocycles. The first-order valence-electron chi connectivity index (χ1n) is 6.66. The van der Waals surface area contributed by atoms with Gasteiger partial charge in [0.15, 0.2) is 0 Å². The molecule has 2 atom stereocenters. The molecule has 0 spiro atoms. The molecule has 0 N–H and O–H groups in total. The van der Waals surface area contributed by atoms with Gasteiger partial charge < -0.3 is 4.74 Å². The van der Waals surface area contributed by atoms with Crippen molar-refractivity contribution < 1.29 is 14.3 Å². The lowest BCUT2D eigenvalue weighted by atomic mass is 9.77. The van der Waals surface area contributed by atoms with Crippen molar-refractivity contribution in [2.45, 2.75) is 64.9 Å². The van der Waals surface area contributed by atoms with E-state index in [-0.39, 0.29) is 18.3 Å². The summed E-state index contributed by atoms with van der Waals surface area (Å²) in [4.78, 5) is 23.7. The Bertz CT molecular complexity index is 359. The van der Waals surface area contributed by atoms with Crippen molar-refractivity contribution in [1.82, 2.24) is 0 Å². The molecule has 4 nitrogen and oxygen atoms in total. The summed E-state index contributed by atoms with van der Waals surface area (Å²) >= 11 is 0. The van der Waals surface area contributed by atoms with Crippen LogP contribution in [0.2, 0.25) is 0 Å². The Balaban J connectivity index is 2.66. The Kier molecular flexibility index (Phi) is 5.33. The van der Waals surface area contributed by atoms with Gasteiger partial charge in [-0.3, -0.25) is 9.59 Å². The number of nitriles is 1. The molecule has 1 fully saturated rings. The Labute approximate surface area is 108 Å². The number of carbonyl (C=O) groups excluding carboxylic acids is 2. The van der Waals surface area contributed by atoms with Crippen molar-refractivity contribution in [2.75, 3.05) is 0 Å². The van der Waals surface area contributed by atoms with E-state index in [9.17, 15) is 9.59 Å². The minimum atomic E-state index is -1.05. The summed E-state index contributed by atoms with van der Waals surface area (Å²) in [5.74, 6) is -0.590. The predicted octanol–water partition coefficient (Wildman–Crippen LogP) is 2.76. The Hall–Kier alpha value is -1.37. The maximum absolute atomic E-state index is 11.9. The number of hydrogen-bond donors (Lipinski definition) is 0. The lowest BCUT2D eigenvalue weighted by Gasteiger charge is -2.19. The fourth-order valence-corrected chi connectivity index (χ4v) is 2.50. The fourth-order valence-electron chi connectivity index (χ4n) is 2.50. The van der Waals surface area contributed by atoms with Gasteiger partial charge in [-0.25, -0.2) is 0 Å². The number of cyclic esters (lactones) is 1. The van der Waals surface area contributed by atoms with Crippen LogP contribution in [-0.2, 0) is 14.3 Å². The fraction of sp³-hybridized carbons (Fsp3) is 0.786. The minimum Gasteiger partial charge on any atom is -0.462 e. The highest BCUT2D eigenvalue weighted by Crippen LogP contribution is 2.40. The normalized spacial score (nSPS) is 26.7. The number of rotatable bonds is 7. The molecule has 18 heavy (non-hydrogen) atoms. The lowest BCUT2D eigenvalue weighted by Crippen LogP contribution is -2.34. The third-order valence-corrected chi connectivity index (χ3v) is 3.71. The van der Waals surface area contributed by atoms with Gasteiger partial charge in [0.1, 0.15) is 17.3 Å². The molecule has 0 aromatic rings. The van der Waals surface area contributed by atoms with Crippen molar-refractivity contribution in [1.29, 1.82) is 5.26 Å². The summed E-state index contributed by atoms with van der Waals surface area (Å²) < 4.78 is 5.31. The van der Waals surface area contributed by atoms with Crippen LogP contribution < -0.4 is 0 Å².